The predicted octanol–water partition coefficient (Wildman–Crippen LogP) is 4.52. The van der Waals surface area contributed by atoms with Crippen LogP contribution < -0.4 is 15.5 Å². The largest absolute Gasteiger partial charge is 0.383 e. The van der Waals surface area contributed by atoms with Crippen molar-refractivity contribution in [1.82, 2.24) is 20.3 Å². The minimum atomic E-state index is 0.696. The van der Waals surface area contributed by atoms with Crippen LogP contribution in [0.2, 0.25) is 5.02 Å². The minimum absolute atomic E-state index is 0.696. The number of fused-ring (bicyclic) bond motifs is 1. The lowest BCUT2D eigenvalue weighted by molar-refractivity contribution is 0.699. The average molecular weight is 419 g/mol. The molecule has 4 rings (SSSR count). The second-order valence-electron chi connectivity index (χ2n) is 6.76. The zero-order valence-corrected chi connectivity index (χ0v) is 17.3. The van der Waals surface area contributed by atoms with E-state index in [9.17, 15) is 0 Å². The summed E-state index contributed by atoms with van der Waals surface area (Å²) in [6, 6.07) is 15.8. The summed E-state index contributed by atoms with van der Waals surface area (Å²) in [4.78, 5) is 14.9. The van der Waals surface area contributed by atoms with E-state index in [4.69, 9.17) is 11.6 Å². The molecule has 0 bridgehead atoms. The number of rotatable bonds is 9. The van der Waals surface area contributed by atoms with E-state index < -0.39 is 0 Å². The molecule has 30 heavy (non-hydrogen) atoms. The topological polar surface area (TPSA) is 66.0 Å². The summed E-state index contributed by atoms with van der Waals surface area (Å²) in [6.07, 6.45) is 9.05. The van der Waals surface area contributed by atoms with Gasteiger partial charge in [-0.25, -0.2) is 0 Å². The fourth-order valence-corrected chi connectivity index (χ4v) is 3.50. The summed E-state index contributed by atoms with van der Waals surface area (Å²) in [5.74, 6) is 0. The van der Waals surface area contributed by atoms with E-state index in [-0.39, 0.29) is 0 Å². The van der Waals surface area contributed by atoms with Gasteiger partial charge in [-0.3, -0.25) is 15.0 Å². The highest BCUT2D eigenvalue weighted by Crippen LogP contribution is 2.24. The molecule has 2 N–H and O–H groups in total. The maximum absolute atomic E-state index is 6.07. The summed E-state index contributed by atoms with van der Waals surface area (Å²) >= 11 is 6.07. The monoisotopic (exact) mass is 418 g/mol. The normalized spacial score (nSPS) is 10.8. The van der Waals surface area contributed by atoms with Gasteiger partial charge in [0.05, 0.1) is 5.52 Å². The lowest BCUT2D eigenvalue weighted by Crippen LogP contribution is -2.31. The zero-order chi connectivity index (χ0) is 20.6. The van der Waals surface area contributed by atoms with E-state index >= 15 is 0 Å². The third kappa shape index (κ3) is 5.03. The lowest BCUT2D eigenvalue weighted by atomic mass is 10.2. The second-order valence-corrected chi connectivity index (χ2v) is 7.20. The Morgan fingerprint density at radius 1 is 0.767 bits per heavy atom. The molecule has 6 nitrogen and oxygen atoms in total. The Labute approximate surface area is 181 Å². The molecule has 0 aliphatic carbocycles. The molecular weight excluding hydrogens is 396 g/mol. The number of nitrogens with zero attached hydrogens (tertiary/aromatic N) is 4. The van der Waals surface area contributed by atoms with E-state index in [1.807, 2.05) is 73.3 Å². The van der Waals surface area contributed by atoms with Crippen LogP contribution in [0.3, 0.4) is 0 Å². The fraction of sp³-hybridized carbons (Fsp3) is 0.174. The summed E-state index contributed by atoms with van der Waals surface area (Å²) in [6.45, 7) is 3.34. The van der Waals surface area contributed by atoms with Gasteiger partial charge in [-0.1, -0.05) is 11.6 Å². The maximum atomic E-state index is 6.07. The molecule has 0 aliphatic heterocycles. The summed E-state index contributed by atoms with van der Waals surface area (Å²) in [7, 11) is 0. The molecule has 1 aromatic carbocycles. The SMILES string of the molecule is Clc1ccc2c(NCCNCCN(c3ccncc3)c3ccncc3)ccnc2c1. The van der Waals surface area contributed by atoms with Gasteiger partial charge < -0.3 is 15.5 Å². The number of anilines is 3. The summed E-state index contributed by atoms with van der Waals surface area (Å²) in [5.41, 5.74) is 4.18. The number of benzene rings is 1. The Morgan fingerprint density at radius 3 is 2.17 bits per heavy atom. The molecule has 0 amide bonds. The molecule has 0 radical (unpaired) electrons. The molecule has 0 aliphatic rings. The molecule has 0 unspecified atom stereocenters. The molecule has 7 heteroatoms. The van der Waals surface area contributed by atoms with E-state index in [1.54, 1.807) is 6.20 Å². The van der Waals surface area contributed by atoms with Crippen LogP contribution in [-0.2, 0) is 0 Å². The Balaban J connectivity index is 1.30. The van der Waals surface area contributed by atoms with Crippen molar-refractivity contribution < 1.29 is 0 Å². The van der Waals surface area contributed by atoms with Crippen molar-refractivity contribution in [2.24, 2.45) is 0 Å². The first-order valence-electron chi connectivity index (χ1n) is 9.88. The number of hydrogen-bond donors (Lipinski definition) is 2. The van der Waals surface area contributed by atoms with Crippen molar-refractivity contribution in [3.05, 3.63) is 84.5 Å². The predicted molar refractivity (Wildman–Crippen MR) is 124 cm³/mol. The number of aromatic nitrogens is 3. The van der Waals surface area contributed by atoms with Crippen molar-refractivity contribution in [3.8, 4) is 0 Å². The Hall–Kier alpha value is -3.22. The number of halogens is 1. The van der Waals surface area contributed by atoms with Crippen LogP contribution in [-0.4, -0.2) is 41.1 Å². The molecular formula is C23H23ClN6. The number of nitrogens with one attached hydrogen (secondary N) is 2. The Kier molecular flexibility index (Phi) is 6.69. The minimum Gasteiger partial charge on any atom is -0.383 e. The fourth-order valence-electron chi connectivity index (χ4n) is 3.33. The van der Waals surface area contributed by atoms with Crippen LogP contribution in [0.5, 0.6) is 0 Å². The quantitative estimate of drug-likeness (QED) is 0.390. The average Bonchev–Trinajstić information content (AvgIpc) is 2.79. The van der Waals surface area contributed by atoms with Crippen molar-refractivity contribution >= 4 is 39.6 Å². The van der Waals surface area contributed by atoms with Gasteiger partial charge in [0.1, 0.15) is 0 Å². The van der Waals surface area contributed by atoms with Crippen LogP contribution in [0.15, 0.2) is 79.5 Å². The van der Waals surface area contributed by atoms with Crippen LogP contribution in [0, 0.1) is 0 Å². The molecule has 0 fully saturated rings. The smallest absolute Gasteiger partial charge is 0.0737 e. The standard InChI is InChI=1S/C23H23ClN6/c24-18-1-2-21-22(7-12-28-23(21)17-18)29-14-13-27-15-16-30(19-3-8-25-9-4-19)20-5-10-26-11-6-20/h1-12,17,27H,13-16H2,(H,28,29). The van der Waals surface area contributed by atoms with Crippen LogP contribution in [0.4, 0.5) is 17.1 Å². The van der Waals surface area contributed by atoms with Crippen molar-refractivity contribution in [2.75, 3.05) is 36.4 Å². The highest BCUT2D eigenvalue weighted by atomic mass is 35.5. The molecule has 0 atom stereocenters. The highest BCUT2D eigenvalue weighted by Gasteiger charge is 2.08. The van der Waals surface area contributed by atoms with Gasteiger partial charge in [0.15, 0.2) is 0 Å². The zero-order valence-electron chi connectivity index (χ0n) is 16.5. The van der Waals surface area contributed by atoms with Crippen molar-refractivity contribution in [3.63, 3.8) is 0 Å². The molecule has 152 valence electrons. The van der Waals surface area contributed by atoms with Gasteiger partial charge in [0.25, 0.3) is 0 Å². The molecule has 4 aromatic rings. The number of hydrogen-bond acceptors (Lipinski definition) is 6. The molecule has 3 aromatic heterocycles. The third-order valence-electron chi connectivity index (χ3n) is 4.78. The first kappa shape index (κ1) is 20.1. The van der Waals surface area contributed by atoms with E-state index in [0.717, 1.165) is 54.1 Å². The van der Waals surface area contributed by atoms with Crippen LogP contribution in [0.25, 0.3) is 10.9 Å². The third-order valence-corrected chi connectivity index (χ3v) is 5.02. The number of pyridine rings is 3. The molecule has 0 saturated heterocycles. The van der Waals surface area contributed by atoms with E-state index in [2.05, 4.69) is 30.5 Å². The van der Waals surface area contributed by atoms with Gasteiger partial charge in [-0.05, 0) is 48.5 Å². The molecule has 0 spiro atoms. The molecule has 3 heterocycles. The van der Waals surface area contributed by atoms with Crippen LogP contribution in [0.1, 0.15) is 0 Å². The summed E-state index contributed by atoms with van der Waals surface area (Å²) in [5, 5.41) is 8.76. The lowest BCUT2D eigenvalue weighted by Gasteiger charge is -2.25. The van der Waals surface area contributed by atoms with Gasteiger partial charge in [-0.15, -0.1) is 0 Å². The van der Waals surface area contributed by atoms with Gasteiger partial charge in [0.2, 0.25) is 0 Å². The van der Waals surface area contributed by atoms with Gasteiger partial charge in [-0.2, -0.15) is 0 Å². The summed E-state index contributed by atoms with van der Waals surface area (Å²) < 4.78 is 0. The van der Waals surface area contributed by atoms with Gasteiger partial charge >= 0.3 is 0 Å². The second kappa shape index (κ2) is 10.0. The first-order valence-corrected chi connectivity index (χ1v) is 10.3. The van der Waals surface area contributed by atoms with Crippen LogP contribution >= 0.6 is 11.6 Å². The highest BCUT2D eigenvalue weighted by molar-refractivity contribution is 6.31. The van der Waals surface area contributed by atoms with Gasteiger partial charge in [0, 0.05) is 84.6 Å². The molecule has 0 saturated carbocycles. The Bertz CT molecular complexity index is 1040. The Morgan fingerprint density at radius 2 is 1.47 bits per heavy atom. The van der Waals surface area contributed by atoms with Crippen molar-refractivity contribution in [1.29, 1.82) is 0 Å². The van der Waals surface area contributed by atoms with Crippen molar-refractivity contribution in [2.45, 2.75) is 0 Å². The van der Waals surface area contributed by atoms with E-state index in [1.165, 1.54) is 0 Å². The first-order chi connectivity index (χ1) is 14.8. The maximum Gasteiger partial charge on any atom is 0.0737 e. The van der Waals surface area contributed by atoms with E-state index in [0.29, 0.717) is 5.02 Å².